The quantitative estimate of drug-likeness (QED) is 0.773. The Labute approximate surface area is 100 Å². The second-order valence-electron chi connectivity index (χ2n) is 6.17. The van der Waals surface area contributed by atoms with Crippen molar-refractivity contribution in [1.82, 2.24) is 5.32 Å². The van der Waals surface area contributed by atoms with Gasteiger partial charge in [-0.3, -0.25) is 0 Å². The third-order valence-corrected chi connectivity index (χ3v) is 3.72. The average Bonchev–Trinajstić information content (AvgIpc) is 2.24. The van der Waals surface area contributed by atoms with Crippen molar-refractivity contribution in [1.29, 1.82) is 5.26 Å². The molecule has 2 heteroatoms. The minimum absolute atomic E-state index is 0.260. The minimum Gasteiger partial charge on any atom is -0.313 e. The molecular formula is C14H26N2. The van der Waals surface area contributed by atoms with Gasteiger partial charge in [0, 0.05) is 19.0 Å². The smallest absolute Gasteiger partial charge is 0.0621 e. The summed E-state index contributed by atoms with van der Waals surface area (Å²) in [5, 5.41) is 12.3. The van der Waals surface area contributed by atoms with E-state index in [2.05, 4.69) is 32.2 Å². The molecule has 1 fully saturated rings. The van der Waals surface area contributed by atoms with Crippen molar-refractivity contribution in [2.75, 3.05) is 6.54 Å². The molecule has 92 valence electrons. The maximum Gasteiger partial charge on any atom is 0.0621 e. The number of nitriles is 1. The zero-order valence-electron chi connectivity index (χ0n) is 11.1. The molecule has 2 nitrogen and oxygen atoms in total. The molecule has 0 bridgehead atoms. The van der Waals surface area contributed by atoms with Crippen molar-refractivity contribution in [3.63, 3.8) is 0 Å². The summed E-state index contributed by atoms with van der Waals surface area (Å²) < 4.78 is 0. The fourth-order valence-corrected chi connectivity index (χ4v) is 2.52. The summed E-state index contributed by atoms with van der Waals surface area (Å²) in [5.41, 5.74) is 0.260. The number of hydrogen-bond acceptors (Lipinski definition) is 2. The molecule has 1 aliphatic rings. The minimum atomic E-state index is 0.260. The van der Waals surface area contributed by atoms with Gasteiger partial charge in [0.1, 0.15) is 0 Å². The van der Waals surface area contributed by atoms with Crippen LogP contribution in [0.1, 0.15) is 59.3 Å². The van der Waals surface area contributed by atoms with Crippen LogP contribution in [0.2, 0.25) is 0 Å². The van der Waals surface area contributed by atoms with Gasteiger partial charge in [0.05, 0.1) is 6.07 Å². The van der Waals surface area contributed by atoms with Crippen LogP contribution >= 0.6 is 0 Å². The first kappa shape index (κ1) is 13.5. The summed E-state index contributed by atoms with van der Waals surface area (Å²) in [6.07, 6.45) is 7.11. The molecule has 0 radical (unpaired) electrons. The van der Waals surface area contributed by atoms with Gasteiger partial charge in [-0.1, -0.05) is 33.6 Å². The Morgan fingerprint density at radius 2 is 2.12 bits per heavy atom. The molecule has 0 aromatic rings. The molecule has 0 aromatic heterocycles. The number of nitrogens with one attached hydrogen (secondary N) is 1. The van der Waals surface area contributed by atoms with Crippen molar-refractivity contribution >= 4 is 0 Å². The largest absolute Gasteiger partial charge is 0.313 e. The molecule has 1 saturated carbocycles. The highest BCUT2D eigenvalue weighted by molar-refractivity contribution is 4.82. The summed E-state index contributed by atoms with van der Waals surface area (Å²) in [5.74, 6) is 0.883. The Hall–Kier alpha value is -0.550. The van der Waals surface area contributed by atoms with Crippen molar-refractivity contribution in [3.8, 4) is 6.07 Å². The first-order valence-corrected chi connectivity index (χ1v) is 6.64. The van der Waals surface area contributed by atoms with Crippen molar-refractivity contribution in [2.45, 2.75) is 65.3 Å². The zero-order valence-corrected chi connectivity index (χ0v) is 11.1. The zero-order chi connectivity index (χ0) is 12.0. The fourth-order valence-electron chi connectivity index (χ4n) is 2.52. The van der Waals surface area contributed by atoms with Crippen LogP contribution in [-0.2, 0) is 0 Å². The van der Waals surface area contributed by atoms with E-state index in [0.29, 0.717) is 12.5 Å². The highest BCUT2D eigenvalue weighted by Crippen LogP contribution is 2.26. The Morgan fingerprint density at radius 1 is 1.38 bits per heavy atom. The van der Waals surface area contributed by atoms with E-state index in [1.165, 1.54) is 25.7 Å². The summed E-state index contributed by atoms with van der Waals surface area (Å²) in [4.78, 5) is 0. The Balaban J connectivity index is 2.24. The van der Waals surface area contributed by atoms with Crippen LogP contribution in [0.4, 0.5) is 0 Å². The van der Waals surface area contributed by atoms with Crippen LogP contribution in [0.15, 0.2) is 0 Å². The maximum atomic E-state index is 8.61. The van der Waals surface area contributed by atoms with E-state index in [1.807, 2.05) is 0 Å². The first-order chi connectivity index (χ1) is 7.53. The van der Waals surface area contributed by atoms with E-state index < -0.39 is 0 Å². The molecule has 0 spiro atoms. The van der Waals surface area contributed by atoms with Crippen LogP contribution in [-0.4, -0.2) is 12.6 Å². The van der Waals surface area contributed by atoms with Gasteiger partial charge in [0.25, 0.3) is 0 Å². The number of rotatable bonds is 5. The lowest BCUT2D eigenvalue weighted by Crippen LogP contribution is -2.39. The summed E-state index contributed by atoms with van der Waals surface area (Å²) in [6, 6.07) is 2.95. The van der Waals surface area contributed by atoms with Gasteiger partial charge in [-0.15, -0.1) is 0 Å². The van der Waals surface area contributed by atoms with Crippen molar-refractivity contribution in [3.05, 3.63) is 0 Å². The van der Waals surface area contributed by atoms with Crippen molar-refractivity contribution < 1.29 is 0 Å². The normalized spacial score (nSPS) is 26.4. The molecule has 1 N–H and O–H groups in total. The second-order valence-corrected chi connectivity index (χ2v) is 6.17. The van der Waals surface area contributed by atoms with Gasteiger partial charge < -0.3 is 5.32 Å². The number of nitrogens with zero attached hydrogens (tertiary/aromatic N) is 1. The topological polar surface area (TPSA) is 35.8 Å². The maximum absolute atomic E-state index is 8.61. The lowest BCUT2D eigenvalue weighted by atomic mass is 9.84. The van der Waals surface area contributed by atoms with E-state index in [9.17, 15) is 0 Å². The number of hydrogen-bond donors (Lipinski definition) is 1. The summed E-state index contributed by atoms with van der Waals surface area (Å²) in [7, 11) is 0. The molecule has 0 heterocycles. The summed E-state index contributed by atoms with van der Waals surface area (Å²) in [6.45, 7) is 7.91. The van der Waals surface area contributed by atoms with Gasteiger partial charge in [0.2, 0.25) is 0 Å². The van der Waals surface area contributed by atoms with E-state index in [-0.39, 0.29) is 5.41 Å². The van der Waals surface area contributed by atoms with Gasteiger partial charge in [-0.2, -0.15) is 5.26 Å². The lowest BCUT2D eigenvalue weighted by Gasteiger charge is -2.32. The Bertz CT molecular complexity index is 240. The van der Waals surface area contributed by atoms with Crippen LogP contribution < -0.4 is 5.32 Å². The van der Waals surface area contributed by atoms with Gasteiger partial charge in [0.15, 0.2) is 0 Å². The second kappa shape index (κ2) is 6.25. The Morgan fingerprint density at radius 3 is 2.75 bits per heavy atom. The molecule has 0 aliphatic heterocycles. The van der Waals surface area contributed by atoms with E-state index >= 15 is 0 Å². The molecule has 1 rings (SSSR count). The monoisotopic (exact) mass is 222 g/mol. The first-order valence-electron chi connectivity index (χ1n) is 6.64. The molecule has 1 aliphatic carbocycles. The van der Waals surface area contributed by atoms with Gasteiger partial charge in [-0.25, -0.2) is 0 Å². The van der Waals surface area contributed by atoms with Crippen molar-refractivity contribution in [2.24, 2.45) is 11.3 Å². The molecule has 0 saturated heterocycles. The van der Waals surface area contributed by atoms with Crippen LogP contribution in [0, 0.1) is 22.7 Å². The molecule has 0 unspecified atom stereocenters. The van der Waals surface area contributed by atoms with E-state index in [4.69, 9.17) is 5.26 Å². The predicted molar refractivity (Wildman–Crippen MR) is 68.1 cm³/mol. The van der Waals surface area contributed by atoms with Crippen LogP contribution in [0.5, 0.6) is 0 Å². The Kier molecular flexibility index (Phi) is 5.28. The SMILES string of the molecule is C[C@H]1CCC[C@H](NCC(C)(C)CCC#N)C1. The summed E-state index contributed by atoms with van der Waals surface area (Å²) >= 11 is 0. The highest BCUT2D eigenvalue weighted by atomic mass is 14.9. The molecule has 2 atom stereocenters. The average molecular weight is 222 g/mol. The van der Waals surface area contributed by atoms with E-state index in [0.717, 1.165) is 18.9 Å². The van der Waals surface area contributed by atoms with Crippen LogP contribution in [0.25, 0.3) is 0 Å². The third-order valence-electron chi connectivity index (χ3n) is 3.72. The van der Waals surface area contributed by atoms with Crippen LogP contribution in [0.3, 0.4) is 0 Å². The molecular weight excluding hydrogens is 196 g/mol. The van der Waals surface area contributed by atoms with Gasteiger partial charge in [-0.05, 0) is 30.6 Å². The van der Waals surface area contributed by atoms with Gasteiger partial charge >= 0.3 is 0 Å². The molecule has 0 aromatic carbocycles. The molecule has 0 amide bonds. The lowest BCUT2D eigenvalue weighted by molar-refractivity contribution is 0.250. The third kappa shape index (κ3) is 4.99. The van der Waals surface area contributed by atoms with E-state index in [1.54, 1.807) is 0 Å². The highest BCUT2D eigenvalue weighted by Gasteiger charge is 2.22. The predicted octanol–water partition coefficient (Wildman–Crippen LogP) is 3.48. The standard InChI is InChI=1S/C14H26N2/c1-12-6-4-7-13(10-12)16-11-14(2,3)8-5-9-15/h12-13,16H,4-8,10-11H2,1-3H3/t12-,13-/m0/s1. The molecule has 16 heavy (non-hydrogen) atoms. The fraction of sp³-hybridized carbons (Fsp3) is 0.929.